The second-order valence-electron chi connectivity index (χ2n) is 9.61. The van der Waals surface area contributed by atoms with E-state index in [1.165, 1.54) is 6.33 Å². The lowest BCUT2D eigenvalue weighted by Crippen LogP contribution is -2.55. The van der Waals surface area contributed by atoms with Gasteiger partial charge in [-0.25, -0.2) is 19.9 Å². The average Bonchev–Trinajstić information content (AvgIpc) is 3.47. The zero-order valence-electron chi connectivity index (χ0n) is 21.8. The van der Waals surface area contributed by atoms with Crippen LogP contribution in [-0.4, -0.2) is 71.2 Å². The Morgan fingerprint density at radius 3 is 2.85 bits per heavy atom. The molecule has 0 atom stereocenters. The van der Waals surface area contributed by atoms with E-state index in [0.29, 0.717) is 36.4 Å². The summed E-state index contributed by atoms with van der Waals surface area (Å²) in [5.74, 6) is 1.60. The van der Waals surface area contributed by atoms with Crippen LogP contribution in [0.15, 0.2) is 55.2 Å². The van der Waals surface area contributed by atoms with Gasteiger partial charge in [-0.2, -0.15) is 5.10 Å². The third kappa shape index (κ3) is 5.14. The van der Waals surface area contributed by atoms with E-state index in [1.54, 1.807) is 23.1 Å². The van der Waals surface area contributed by atoms with Crippen LogP contribution in [0.4, 0.5) is 17.5 Å². The summed E-state index contributed by atoms with van der Waals surface area (Å²) in [4.78, 5) is 35.4. The Bertz CT molecular complexity index is 1620. The number of nitrogens with one attached hydrogen (secondary N) is 3. The van der Waals surface area contributed by atoms with Gasteiger partial charge in [0.1, 0.15) is 12.4 Å². The van der Waals surface area contributed by atoms with Crippen LogP contribution in [0.5, 0.6) is 5.88 Å². The maximum Gasteiger partial charge on any atom is 0.238 e. The van der Waals surface area contributed by atoms with Crippen molar-refractivity contribution in [2.24, 2.45) is 7.05 Å². The first-order valence-corrected chi connectivity index (χ1v) is 12.6. The number of H-pyrrole nitrogens is 1. The standard InChI is InChI=1S/C27H28N10O2/c1-16-10-30-27(33-22-9-17(2)36(3)35-22)34-25(16)20-11-29-26-19(20)5-4-6-21(26)32-23(38)14-37-12-18(13-37)39-24-7-8-28-15-31-24/h4-11,15,18,29H,12-14H2,1-3H3,(H,32,38)(H,30,33,34,35). The van der Waals surface area contributed by atoms with Gasteiger partial charge in [0, 0.05) is 67.5 Å². The highest BCUT2D eigenvalue weighted by molar-refractivity contribution is 6.06. The van der Waals surface area contributed by atoms with Crippen LogP contribution >= 0.6 is 0 Å². The molecule has 3 N–H and O–H groups in total. The van der Waals surface area contributed by atoms with E-state index in [4.69, 9.17) is 9.72 Å². The van der Waals surface area contributed by atoms with Crippen molar-refractivity contribution < 1.29 is 9.53 Å². The monoisotopic (exact) mass is 524 g/mol. The lowest BCUT2D eigenvalue weighted by atomic mass is 10.1. The molecule has 198 valence electrons. The fourth-order valence-electron chi connectivity index (χ4n) is 4.60. The zero-order chi connectivity index (χ0) is 26.9. The van der Waals surface area contributed by atoms with Crippen LogP contribution in [0.2, 0.25) is 0 Å². The number of para-hydroxylation sites is 1. The number of amides is 1. The van der Waals surface area contributed by atoms with E-state index in [-0.39, 0.29) is 18.6 Å². The molecule has 1 aliphatic rings. The van der Waals surface area contributed by atoms with Crippen molar-refractivity contribution in [2.45, 2.75) is 20.0 Å². The Balaban J connectivity index is 1.14. The Hall–Kier alpha value is -4.84. The molecule has 0 unspecified atom stereocenters. The maximum atomic E-state index is 12.8. The van der Waals surface area contributed by atoms with Crippen molar-refractivity contribution in [3.8, 4) is 17.1 Å². The lowest BCUT2D eigenvalue weighted by Gasteiger charge is -2.37. The lowest BCUT2D eigenvalue weighted by molar-refractivity contribution is -0.119. The van der Waals surface area contributed by atoms with Gasteiger partial charge in [0.2, 0.25) is 17.7 Å². The van der Waals surface area contributed by atoms with Gasteiger partial charge in [-0.15, -0.1) is 0 Å². The van der Waals surface area contributed by atoms with Gasteiger partial charge in [0.15, 0.2) is 5.82 Å². The molecule has 4 aromatic heterocycles. The quantitative estimate of drug-likeness (QED) is 0.279. The molecule has 5 heterocycles. The van der Waals surface area contributed by atoms with E-state index < -0.39 is 0 Å². The van der Waals surface area contributed by atoms with Crippen LogP contribution in [0.25, 0.3) is 22.2 Å². The molecule has 12 heteroatoms. The second-order valence-corrected chi connectivity index (χ2v) is 9.61. The van der Waals surface area contributed by atoms with Gasteiger partial charge in [0.05, 0.1) is 23.4 Å². The number of fused-ring (bicyclic) bond motifs is 1. The van der Waals surface area contributed by atoms with Crippen molar-refractivity contribution in [3.05, 3.63) is 66.5 Å². The Labute approximate surface area is 224 Å². The number of rotatable bonds is 8. The van der Waals surface area contributed by atoms with Crippen LogP contribution in [-0.2, 0) is 11.8 Å². The predicted molar refractivity (Wildman–Crippen MR) is 147 cm³/mol. The third-order valence-electron chi connectivity index (χ3n) is 6.70. The first-order chi connectivity index (χ1) is 18.9. The molecular weight excluding hydrogens is 496 g/mol. The number of benzene rings is 1. The number of hydrogen-bond acceptors (Lipinski definition) is 9. The first kappa shape index (κ1) is 24.5. The van der Waals surface area contributed by atoms with Gasteiger partial charge < -0.3 is 20.4 Å². The highest BCUT2D eigenvalue weighted by Crippen LogP contribution is 2.33. The fourth-order valence-corrected chi connectivity index (χ4v) is 4.60. The summed E-state index contributed by atoms with van der Waals surface area (Å²) < 4.78 is 7.58. The largest absolute Gasteiger partial charge is 0.472 e. The predicted octanol–water partition coefficient (Wildman–Crippen LogP) is 3.21. The molecule has 0 saturated carbocycles. The van der Waals surface area contributed by atoms with Crippen molar-refractivity contribution in [1.29, 1.82) is 0 Å². The minimum Gasteiger partial charge on any atom is -0.472 e. The molecule has 5 aromatic rings. The molecule has 1 fully saturated rings. The Morgan fingerprint density at radius 2 is 2.08 bits per heavy atom. The number of aromatic amines is 1. The molecule has 0 bridgehead atoms. The molecule has 0 spiro atoms. The van der Waals surface area contributed by atoms with E-state index >= 15 is 0 Å². The number of ether oxygens (including phenoxy) is 1. The number of aryl methyl sites for hydroxylation is 3. The molecule has 12 nitrogen and oxygen atoms in total. The highest BCUT2D eigenvalue weighted by Gasteiger charge is 2.30. The molecular formula is C27H28N10O2. The molecule has 6 rings (SSSR count). The number of aromatic nitrogens is 7. The summed E-state index contributed by atoms with van der Waals surface area (Å²) >= 11 is 0. The van der Waals surface area contributed by atoms with Crippen LogP contribution in [0.1, 0.15) is 11.3 Å². The number of carbonyl (C=O) groups excluding carboxylic acids is 1. The van der Waals surface area contributed by atoms with Crippen molar-refractivity contribution in [1.82, 2.24) is 39.6 Å². The normalized spacial score (nSPS) is 13.8. The van der Waals surface area contributed by atoms with Crippen LogP contribution in [0, 0.1) is 13.8 Å². The zero-order valence-corrected chi connectivity index (χ0v) is 21.8. The topological polar surface area (TPSA) is 139 Å². The summed E-state index contributed by atoms with van der Waals surface area (Å²) in [6, 6.07) is 9.49. The number of anilines is 3. The summed E-state index contributed by atoms with van der Waals surface area (Å²) in [6.45, 7) is 5.56. The summed E-state index contributed by atoms with van der Waals surface area (Å²) in [5.41, 5.74) is 5.23. The van der Waals surface area contributed by atoms with Crippen molar-refractivity contribution >= 4 is 34.3 Å². The first-order valence-electron chi connectivity index (χ1n) is 12.6. The SMILES string of the molecule is Cc1cnc(Nc2cc(C)n(C)n2)nc1-c1c[nH]c2c(NC(=O)CN3CC(Oc4ccncn4)C3)cccc12. The molecule has 0 radical (unpaired) electrons. The van der Waals surface area contributed by atoms with Crippen LogP contribution in [0.3, 0.4) is 0 Å². The number of likely N-dealkylation sites (tertiary alicyclic amines) is 1. The van der Waals surface area contributed by atoms with Gasteiger partial charge >= 0.3 is 0 Å². The molecule has 1 amide bonds. The van der Waals surface area contributed by atoms with E-state index in [2.05, 4.69) is 35.7 Å². The smallest absolute Gasteiger partial charge is 0.238 e. The van der Waals surface area contributed by atoms with E-state index in [1.807, 2.05) is 56.3 Å². The Morgan fingerprint density at radius 1 is 1.21 bits per heavy atom. The van der Waals surface area contributed by atoms with Gasteiger partial charge in [-0.1, -0.05) is 12.1 Å². The molecule has 1 saturated heterocycles. The van der Waals surface area contributed by atoms with Gasteiger partial charge in [-0.05, 0) is 25.5 Å². The highest BCUT2D eigenvalue weighted by atomic mass is 16.5. The van der Waals surface area contributed by atoms with Crippen molar-refractivity contribution in [3.63, 3.8) is 0 Å². The Kier molecular flexibility index (Phi) is 6.37. The fraction of sp³-hybridized carbons (Fsp3) is 0.259. The molecule has 0 aliphatic carbocycles. The minimum absolute atomic E-state index is 0.0132. The van der Waals surface area contributed by atoms with E-state index in [0.717, 1.165) is 33.4 Å². The second kappa shape index (κ2) is 10.1. The van der Waals surface area contributed by atoms with Crippen molar-refractivity contribution in [2.75, 3.05) is 30.3 Å². The van der Waals surface area contributed by atoms with Crippen LogP contribution < -0.4 is 15.4 Å². The number of hydrogen-bond donors (Lipinski definition) is 3. The molecule has 1 aliphatic heterocycles. The molecule has 39 heavy (non-hydrogen) atoms. The average molecular weight is 525 g/mol. The third-order valence-corrected chi connectivity index (χ3v) is 6.70. The number of carbonyl (C=O) groups is 1. The number of nitrogens with zero attached hydrogens (tertiary/aromatic N) is 7. The minimum atomic E-state index is -0.0884. The summed E-state index contributed by atoms with van der Waals surface area (Å²) in [7, 11) is 1.89. The summed E-state index contributed by atoms with van der Waals surface area (Å²) in [6.07, 6.45) is 6.81. The molecule has 1 aromatic carbocycles. The van der Waals surface area contributed by atoms with Gasteiger partial charge in [0.25, 0.3) is 0 Å². The maximum absolute atomic E-state index is 12.8. The van der Waals surface area contributed by atoms with Gasteiger partial charge in [-0.3, -0.25) is 14.4 Å². The van der Waals surface area contributed by atoms with E-state index in [9.17, 15) is 4.79 Å². The summed E-state index contributed by atoms with van der Waals surface area (Å²) in [5, 5.41) is 11.6.